The number of urea groups is 1. The first-order chi connectivity index (χ1) is 22.1. The summed E-state index contributed by atoms with van der Waals surface area (Å²) in [7, 11) is 0. The van der Waals surface area contributed by atoms with Crippen LogP contribution >= 0.6 is 11.8 Å². The van der Waals surface area contributed by atoms with Crippen LogP contribution in [0, 0.1) is 0 Å². The summed E-state index contributed by atoms with van der Waals surface area (Å²) in [6.07, 6.45) is -0.377. The van der Waals surface area contributed by atoms with Crippen LogP contribution in [0.1, 0.15) is 38.3 Å². The highest BCUT2D eigenvalue weighted by atomic mass is 32.2. The van der Waals surface area contributed by atoms with Gasteiger partial charge in [0.2, 0.25) is 5.91 Å². The zero-order valence-corrected chi connectivity index (χ0v) is 27.4. The standard InChI is InChI=1S/C35H43N5O5S/c1-24(41)21-36-35(2,3)20-31(42)38-32-33(43)40(23-27-8-4-7-11-30(27)46-32)22-25-12-14-26(15-13-25)28-9-5-6-10-29(28)37-34(44)39-16-18-45-19-17-39/h4-15,24,32,36,41H,16-23H2,1-3H3,(H,37,44)(H,38,42)/t24-,32-/m1/s1. The summed E-state index contributed by atoms with van der Waals surface area (Å²) in [5.41, 5.74) is 4.00. The van der Waals surface area contributed by atoms with Crippen LogP contribution < -0.4 is 16.0 Å². The number of benzene rings is 3. The molecule has 0 unspecified atom stereocenters. The number of carbonyl (C=O) groups excluding carboxylic acids is 3. The molecule has 2 aliphatic heterocycles. The minimum absolute atomic E-state index is 0.147. The number of ether oxygens (including phenoxy) is 1. The summed E-state index contributed by atoms with van der Waals surface area (Å²) in [4.78, 5) is 44.4. The van der Waals surface area contributed by atoms with Crippen LogP contribution in [0.5, 0.6) is 0 Å². The molecule has 244 valence electrons. The number of aliphatic hydroxyl groups is 1. The van der Waals surface area contributed by atoms with Gasteiger partial charge < -0.3 is 35.6 Å². The Kier molecular flexibility index (Phi) is 11.0. The van der Waals surface area contributed by atoms with Crippen LogP contribution in [0.25, 0.3) is 11.1 Å². The number of rotatable bonds is 10. The third kappa shape index (κ3) is 8.88. The second-order valence-electron chi connectivity index (χ2n) is 12.4. The number of para-hydroxylation sites is 1. The largest absolute Gasteiger partial charge is 0.392 e. The Labute approximate surface area is 274 Å². The number of aliphatic hydroxyl groups excluding tert-OH is 1. The van der Waals surface area contributed by atoms with Crippen molar-refractivity contribution >= 4 is 35.3 Å². The van der Waals surface area contributed by atoms with Gasteiger partial charge in [0.05, 0.1) is 25.0 Å². The highest BCUT2D eigenvalue weighted by Gasteiger charge is 2.33. The first kappa shape index (κ1) is 33.5. The fourth-order valence-corrected chi connectivity index (χ4v) is 6.64. The lowest BCUT2D eigenvalue weighted by atomic mass is 10.00. The van der Waals surface area contributed by atoms with Gasteiger partial charge in [0.15, 0.2) is 5.37 Å². The SMILES string of the molecule is C[C@@H](O)CNC(C)(C)CC(=O)N[C@@H]1Sc2ccccc2CN(Cc2ccc(-c3ccccc3NC(=O)N3CCOCC3)cc2)C1=O. The number of anilines is 1. The third-order valence-electron chi connectivity index (χ3n) is 7.99. The monoisotopic (exact) mass is 645 g/mol. The summed E-state index contributed by atoms with van der Waals surface area (Å²) in [5.74, 6) is -0.401. The highest BCUT2D eigenvalue weighted by Crippen LogP contribution is 2.33. The summed E-state index contributed by atoms with van der Waals surface area (Å²) < 4.78 is 5.37. The molecule has 2 atom stereocenters. The molecule has 4 amide bonds. The van der Waals surface area contributed by atoms with Gasteiger partial charge in [-0.25, -0.2) is 4.79 Å². The first-order valence-corrected chi connectivity index (χ1v) is 16.5. The summed E-state index contributed by atoms with van der Waals surface area (Å²) >= 11 is 1.36. The van der Waals surface area contributed by atoms with Gasteiger partial charge in [-0.1, -0.05) is 72.4 Å². The van der Waals surface area contributed by atoms with Gasteiger partial charge in [0.1, 0.15) is 0 Å². The normalized spacial score (nSPS) is 17.6. The first-order valence-electron chi connectivity index (χ1n) is 15.7. The number of hydrogen-bond acceptors (Lipinski definition) is 7. The smallest absolute Gasteiger partial charge is 0.322 e. The van der Waals surface area contributed by atoms with Gasteiger partial charge in [0, 0.05) is 55.1 Å². The van der Waals surface area contributed by atoms with Gasteiger partial charge in [-0.3, -0.25) is 9.59 Å². The van der Waals surface area contributed by atoms with E-state index in [1.165, 1.54) is 11.8 Å². The molecule has 0 bridgehead atoms. The molecule has 3 aromatic carbocycles. The summed E-state index contributed by atoms with van der Waals surface area (Å²) in [6.45, 7) is 8.85. The van der Waals surface area contributed by atoms with E-state index in [9.17, 15) is 19.5 Å². The van der Waals surface area contributed by atoms with Crippen LogP contribution in [0.4, 0.5) is 10.5 Å². The van der Waals surface area contributed by atoms with E-state index in [0.717, 1.165) is 32.8 Å². The third-order valence-corrected chi connectivity index (χ3v) is 9.20. The van der Waals surface area contributed by atoms with Crippen LogP contribution in [0.15, 0.2) is 77.7 Å². The second kappa shape index (κ2) is 15.1. The van der Waals surface area contributed by atoms with Gasteiger partial charge in [-0.05, 0) is 49.6 Å². The van der Waals surface area contributed by atoms with Crippen molar-refractivity contribution in [1.29, 1.82) is 0 Å². The fraction of sp³-hybridized carbons (Fsp3) is 0.400. The Morgan fingerprint density at radius 3 is 2.46 bits per heavy atom. The van der Waals surface area contributed by atoms with Gasteiger partial charge in [-0.2, -0.15) is 0 Å². The molecule has 0 spiro atoms. The van der Waals surface area contributed by atoms with E-state index in [2.05, 4.69) is 16.0 Å². The summed E-state index contributed by atoms with van der Waals surface area (Å²) in [5, 5.41) is 18.1. The number of carbonyl (C=O) groups is 3. The Bertz CT molecular complexity index is 1520. The summed E-state index contributed by atoms with van der Waals surface area (Å²) in [6, 6.07) is 23.5. The number of fused-ring (bicyclic) bond motifs is 1. The van der Waals surface area contributed by atoms with E-state index in [1.54, 1.807) is 16.7 Å². The Balaban J connectivity index is 1.29. The van der Waals surface area contributed by atoms with Crippen molar-refractivity contribution in [3.8, 4) is 11.1 Å². The van der Waals surface area contributed by atoms with Crippen molar-refractivity contribution in [1.82, 2.24) is 20.4 Å². The number of thioether (sulfide) groups is 1. The van der Waals surface area contributed by atoms with Crippen molar-refractivity contribution in [2.75, 3.05) is 38.2 Å². The number of amides is 4. The fourth-order valence-electron chi connectivity index (χ4n) is 5.50. The van der Waals surface area contributed by atoms with Gasteiger partial charge in [-0.15, -0.1) is 0 Å². The van der Waals surface area contributed by atoms with Gasteiger partial charge >= 0.3 is 6.03 Å². The molecule has 10 nitrogen and oxygen atoms in total. The molecule has 0 aromatic heterocycles. The molecule has 2 heterocycles. The lowest BCUT2D eigenvalue weighted by molar-refractivity contribution is -0.135. The molecule has 0 saturated carbocycles. The van der Waals surface area contributed by atoms with Crippen molar-refractivity contribution in [2.45, 2.75) is 62.2 Å². The lowest BCUT2D eigenvalue weighted by Gasteiger charge is -2.28. The molecule has 11 heteroatoms. The highest BCUT2D eigenvalue weighted by molar-refractivity contribution is 8.00. The topological polar surface area (TPSA) is 123 Å². The number of morpholine rings is 1. The molecule has 2 aliphatic rings. The molecule has 3 aromatic rings. The zero-order chi connectivity index (χ0) is 32.7. The lowest BCUT2D eigenvalue weighted by Crippen LogP contribution is -2.50. The number of β-amino-alcohol motifs (C(OH)–C–C–N with tert-alkyl or cyclic N) is 1. The maximum atomic E-state index is 13.9. The maximum Gasteiger partial charge on any atom is 0.322 e. The van der Waals surface area contributed by atoms with Crippen LogP contribution in [-0.2, 0) is 27.4 Å². The molecular weight excluding hydrogens is 602 g/mol. The Morgan fingerprint density at radius 2 is 1.72 bits per heavy atom. The molecule has 46 heavy (non-hydrogen) atoms. The Morgan fingerprint density at radius 1 is 1.02 bits per heavy atom. The van der Waals surface area contributed by atoms with Crippen molar-refractivity contribution in [3.05, 3.63) is 83.9 Å². The molecule has 1 fully saturated rings. The number of hydrogen-bond donors (Lipinski definition) is 4. The van der Waals surface area contributed by atoms with Crippen molar-refractivity contribution < 1.29 is 24.2 Å². The minimum Gasteiger partial charge on any atom is -0.392 e. The van der Waals surface area contributed by atoms with E-state index in [-0.39, 0.29) is 24.3 Å². The molecule has 0 radical (unpaired) electrons. The van der Waals surface area contributed by atoms with Crippen molar-refractivity contribution in [3.63, 3.8) is 0 Å². The quantitative estimate of drug-likeness (QED) is 0.257. The van der Waals surface area contributed by atoms with Crippen LogP contribution in [0.2, 0.25) is 0 Å². The molecular formula is C35H43N5O5S. The number of nitrogens with one attached hydrogen (secondary N) is 3. The minimum atomic E-state index is -0.773. The molecule has 4 N–H and O–H groups in total. The van der Waals surface area contributed by atoms with Crippen LogP contribution in [-0.4, -0.2) is 82.6 Å². The average molecular weight is 646 g/mol. The maximum absolute atomic E-state index is 13.9. The predicted octanol–water partition coefficient (Wildman–Crippen LogP) is 4.43. The van der Waals surface area contributed by atoms with Gasteiger partial charge in [0.25, 0.3) is 5.91 Å². The van der Waals surface area contributed by atoms with E-state index < -0.39 is 17.0 Å². The van der Waals surface area contributed by atoms with E-state index in [1.807, 2.05) is 86.6 Å². The molecule has 0 aliphatic carbocycles. The molecule has 1 saturated heterocycles. The Hall–Kier alpha value is -3.90. The number of nitrogens with zero attached hydrogens (tertiary/aromatic N) is 2. The van der Waals surface area contributed by atoms with E-state index in [0.29, 0.717) is 45.9 Å². The van der Waals surface area contributed by atoms with E-state index >= 15 is 0 Å². The van der Waals surface area contributed by atoms with E-state index in [4.69, 9.17) is 4.74 Å². The van der Waals surface area contributed by atoms with Crippen molar-refractivity contribution in [2.24, 2.45) is 0 Å². The predicted molar refractivity (Wildman–Crippen MR) is 180 cm³/mol. The molecule has 5 rings (SSSR count). The second-order valence-corrected chi connectivity index (χ2v) is 13.6. The van der Waals surface area contributed by atoms with Crippen LogP contribution in [0.3, 0.4) is 0 Å². The average Bonchev–Trinajstić information content (AvgIpc) is 3.16. The zero-order valence-electron chi connectivity index (χ0n) is 26.6.